The molecule has 0 radical (unpaired) electrons. The quantitative estimate of drug-likeness (QED) is 0.864. The van der Waals surface area contributed by atoms with Crippen LogP contribution in [0.3, 0.4) is 0 Å². The van der Waals surface area contributed by atoms with Gasteiger partial charge in [0.2, 0.25) is 0 Å². The van der Waals surface area contributed by atoms with E-state index in [1.54, 1.807) is 0 Å². The maximum absolute atomic E-state index is 3.45. The Morgan fingerprint density at radius 3 is 2.44 bits per heavy atom. The molecule has 1 rings (SSSR count). The minimum absolute atomic E-state index is 0.570. The molecular formula is C13H21BrN2. The van der Waals surface area contributed by atoms with Crippen LogP contribution < -0.4 is 5.32 Å². The van der Waals surface area contributed by atoms with E-state index in [2.05, 4.69) is 71.3 Å². The number of hydrogen-bond acceptors (Lipinski definition) is 2. The van der Waals surface area contributed by atoms with Crippen molar-refractivity contribution >= 4 is 15.9 Å². The Bertz CT molecular complexity index is 295. The molecular weight excluding hydrogens is 264 g/mol. The molecule has 0 aliphatic carbocycles. The molecule has 0 atom stereocenters. The molecule has 0 bridgehead atoms. The van der Waals surface area contributed by atoms with Gasteiger partial charge in [0.05, 0.1) is 0 Å². The van der Waals surface area contributed by atoms with Gasteiger partial charge < -0.3 is 10.2 Å². The highest BCUT2D eigenvalue weighted by Gasteiger charge is 2.00. The highest BCUT2D eigenvalue weighted by molar-refractivity contribution is 9.10. The van der Waals surface area contributed by atoms with Crippen LogP contribution >= 0.6 is 15.9 Å². The molecule has 1 aromatic rings. The van der Waals surface area contributed by atoms with Crippen molar-refractivity contribution in [3.8, 4) is 0 Å². The lowest BCUT2D eigenvalue weighted by molar-refractivity contribution is 0.320. The first-order chi connectivity index (χ1) is 7.58. The topological polar surface area (TPSA) is 15.3 Å². The number of nitrogens with zero attached hydrogens (tertiary/aromatic N) is 1. The average Bonchev–Trinajstić information content (AvgIpc) is 2.21. The van der Waals surface area contributed by atoms with Gasteiger partial charge in [-0.2, -0.15) is 0 Å². The molecule has 1 aromatic carbocycles. The summed E-state index contributed by atoms with van der Waals surface area (Å²) in [5, 5.41) is 3.42. The summed E-state index contributed by atoms with van der Waals surface area (Å²) >= 11 is 3.45. The van der Waals surface area contributed by atoms with E-state index in [1.807, 2.05) is 0 Å². The molecule has 16 heavy (non-hydrogen) atoms. The van der Waals surface area contributed by atoms with E-state index in [0.29, 0.717) is 6.04 Å². The number of benzene rings is 1. The second kappa shape index (κ2) is 7.05. The molecule has 0 aromatic heterocycles. The van der Waals surface area contributed by atoms with Crippen molar-refractivity contribution in [2.45, 2.75) is 26.4 Å². The van der Waals surface area contributed by atoms with Crippen molar-refractivity contribution in [3.63, 3.8) is 0 Å². The number of likely N-dealkylation sites (N-methyl/N-ethyl adjacent to an activating group) is 1. The SMILES string of the molecule is CC(C)NCCN(C)Cc1ccc(Br)cc1. The normalized spacial score (nSPS) is 11.4. The predicted molar refractivity (Wildman–Crippen MR) is 73.6 cm³/mol. The molecule has 3 heteroatoms. The third-order valence-electron chi connectivity index (χ3n) is 2.41. The summed E-state index contributed by atoms with van der Waals surface area (Å²) in [6, 6.07) is 9.08. The van der Waals surface area contributed by atoms with Gasteiger partial charge in [-0.25, -0.2) is 0 Å². The summed E-state index contributed by atoms with van der Waals surface area (Å²) < 4.78 is 1.14. The Labute approximate surface area is 107 Å². The van der Waals surface area contributed by atoms with E-state index in [9.17, 15) is 0 Å². The molecule has 1 N–H and O–H groups in total. The Balaban J connectivity index is 2.28. The average molecular weight is 285 g/mol. The van der Waals surface area contributed by atoms with Crippen molar-refractivity contribution in [2.75, 3.05) is 20.1 Å². The molecule has 0 amide bonds. The van der Waals surface area contributed by atoms with E-state index in [0.717, 1.165) is 24.1 Å². The molecule has 0 aliphatic rings. The van der Waals surface area contributed by atoms with Crippen LogP contribution in [0.5, 0.6) is 0 Å². The monoisotopic (exact) mass is 284 g/mol. The van der Waals surface area contributed by atoms with E-state index in [4.69, 9.17) is 0 Å². The van der Waals surface area contributed by atoms with Crippen LogP contribution in [0.15, 0.2) is 28.7 Å². The highest BCUT2D eigenvalue weighted by Crippen LogP contribution is 2.11. The first-order valence-electron chi connectivity index (χ1n) is 5.74. The van der Waals surface area contributed by atoms with Crippen LogP contribution in [-0.2, 0) is 6.54 Å². The third kappa shape index (κ3) is 5.64. The Morgan fingerprint density at radius 1 is 1.25 bits per heavy atom. The Hall–Kier alpha value is -0.380. The molecule has 0 saturated carbocycles. The number of nitrogens with one attached hydrogen (secondary N) is 1. The van der Waals surface area contributed by atoms with Gasteiger partial charge in [-0.05, 0) is 24.7 Å². The van der Waals surface area contributed by atoms with Gasteiger partial charge in [0.1, 0.15) is 0 Å². The maximum atomic E-state index is 3.45. The summed E-state index contributed by atoms with van der Waals surface area (Å²) in [5.41, 5.74) is 1.36. The largest absolute Gasteiger partial charge is 0.313 e. The van der Waals surface area contributed by atoms with Crippen LogP contribution in [0.1, 0.15) is 19.4 Å². The van der Waals surface area contributed by atoms with Crippen LogP contribution in [0.4, 0.5) is 0 Å². The lowest BCUT2D eigenvalue weighted by Gasteiger charge is -2.18. The van der Waals surface area contributed by atoms with Crippen LogP contribution in [-0.4, -0.2) is 31.1 Å². The van der Waals surface area contributed by atoms with Crippen molar-refractivity contribution < 1.29 is 0 Å². The molecule has 2 nitrogen and oxygen atoms in total. The Kier molecular flexibility index (Phi) is 6.03. The van der Waals surface area contributed by atoms with E-state index in [1.165, 1.54) is 5.56 Å². The Morgan fingerprint density at radius 2 is 1.88 bits per heavy atom. The van der Waals surface area contributed by atoms with Crippen molar-refractivity contribution in [3.05, 3.63) is 34.3 Å². The molecule has 90 valence electrons. The fraction of sp³-hybridized carbons (Fsp3) is 0.538. The zero-order chi connectivity index (χ0) is 12.0. The number of hydrogen-bond donors (Lipinski definition) is 1. The molecule has 0 unspecified atom stereocenters. The van der Waals surface area contributed by atoms with Gasteiger partial charge in [-0.15, -0.1) is 0 Å². The first kappa shape index (κ1) is 13.7. The van der Waals surface area contributed by atoms with Crippen LogP contribution in [0.25, 0.3) is 0 Å². The smallest absolute Gasteiger partial charge is 0.0231 e. The summed E-state index contributed by atoms with van der Waals surface area (Å²) in [6.45, 7) is 7.48. The van der Waals surface area contributed by atoms with Crippen LogP contribution in [0, 0.1) is 0 Å². The first-order valence-corrected chi connectivity index (χ1v) is 6.53. The molecule has 0 fully saturated rings. The molecule has 0 spiro atoms. The lowest BCUT2D eigenvalue weighted by atomic mass is 10.2. The van der Waals surface area contributed by atoms with Crippen molar-refractivity contribution in [2.24, 2.45) is 0 Å². The summed E-state index contributed by atoms with van der Waals surface area (Å²) in [5.74, 6) is 0. The predicted octanol–water partition coefficient (Wildman–Crippen LogP) is 2.88. The van der Waals surface area contributed by atoms with E-state index >= 15 is 0 Å². The minimum Gasteiger partial charge on any atom is -0.313 e. The van der Waals surface area contributed by atoms with Gasteiger partial charge >= 0.3 is 0 Å². The van der Waals surface area contributed by atoms with E-state index in [-0.39, 0.29) is 0 Å². The maximum Gasteiger partial charge on any atom is 0.0231 e. The summed E-state index contributed by atoms with van der Waals surface area (Å²) in [4.78, 5) is 2.33. The number of rotatable bonds is 6. The van der Waals surface area contributed by atoms with Gasteiger partial charge in [-0.3, -0.25) is 0 Å². The van der Waals surface area contributed by atoms with Crippen LogP contribution in [0.2, 0.25) is 0 Å². The zero-order valence-corrected chi connectivity index (χ0v) is 11.9. The summed E-state index contributed by atoms with van der Waals surface area (Å²) in [7, 11) is 2.16. The van der Waals surface area contributed by atoms with Gasteiger partial charge in [-0.1, -0.05) is 41.9 Å². The lowest BCUT2D eigenvalue weighted by Crippen LogP contribution is -2.32. The second-order valence-electron chi connectivity index (χ2n) is 4.47. The van der Waals surface area contributed by atoms with Crippen molar-refractivity contribution in [1.82, 2.24) is 10.2 Å². The fourth-order valence-electron chi connectivity index (χ4n) is 1.52. The third-order valence-corrected chi connectivity index (χ3v) is 2.94. The van der Waals surface area contributed by atoms with E-state index < -0.39 is 0 Å². The zero-order valence-electron chi connectivity index (χ0n) is 10.3. The van der Waals surface area contributed by atoms with Gasteiger partial charge in [0.25, 0.3) is 0 Å². The molecule has 0 saturated heterocycles. The highest BCUT2D eigenvalue weighted by atomic mass is 79.9. The second-order valence-corrected chi connectivity index (χ2v) is 5.39. The molecule has 0 heterocycles. The number of halogens is 1. The summed E-state index contributed by atoms with van der Waals surface area (Å²) in [6.07, 6.45) is 0. The molecule has 0 aliphatic heterocycles. The van der Waals surface area contributed by atoms with Gasteiger partial charge in [0, 0.05) is 30.1 Å². The minimum atomic E-state index is 0.570. The van der Waals surface area contributed by atoms with Crippen molar-refractivity contribution in [1.29, 1.82) is 0 Å². The van der Waals surface area contributed by atoms with Gasteiger partial charge in [0.15, 0.2) is 0 Å². The fourth-order valence-corrected chi connectivity index (χ4v) is 1.79. The standard InChI is InChI=1S/C13H21BrN2/c1-11(2)15-8-9-16(3)10-12-4-6-13(14)7-5-12/h4-7,11,15H,8-10H2,1-3H3.